The lowest BCUT2D eigenvalue weighted by Gasteiger charge is -2.15. The van der Waals surface area contributed by atoms with E-state index in [0.717, 1.165) is 12.0 Å². The lowest BCUT2D eigenvalue weighted by Crippen LogP contribution is -2.26. The Morgan fingerprint density at radius 3 is 2.54 bits per heavy atom. The summed E-state index contributed by atoms with van der Waals surface area (Å²) in [6.45, 7) is 2.02. The minimum atomic E-state index is -1.26. The fraction of sp³-hybridized carbons (Fsp3) is 0.158. The van der Waals surface area contributed by atoms with Gasteiger partial charge in [0.2, 0.25) is 0 Å². The largest absolute Gasteiger partial charge is 0.477 e. The van der Waals surface area contributed by atoms with E-state index < -0.39 is 11.5 Å². The van der Waals surface area contributed by atoms with Crippen molar-refractivity contribution in [3.8, 4) is 11.1 Å². The van der Waals surface area contributed by atoms with Gasteiger partial charge in [0.15, 0.2) is 0 Å². The average Bonchev–Trinajstić information content (AvgIpc) is 2.57. The molecule has 1 N–H and O–H groups in total. The van der Waals surface area contributed by atoms with Crippen molar-refractivity contribution in [3.63, 3.8) is 0 Å². The number of pyridine rings is 1. The normalized spacial score (nSPS) is 11.0. The van der Waals surface area contributed by atoms with Gasteiger partial charge in [-0.25, -0.2) is 4.79 Å². The van der Waals surface area contributed by atoms with E-state index in [-0.39, 0.29) is 5.56 Å². The van der Waals surface area contributed by atoms with Crippen LogP contribution in [0.15, 0.2) is 47.3 Å². The molecule has 0 fully saturated rings. The number of benzene rings is 2. The maximum Gasteiger partial charge on any atom is 0.342 e. The van der Waals surface area contributed by atoms with Gasteiger partial charge in [-0.3, -0.25) is 4.79 Å². The smallest absolute Gasteiger partial charge is 0.342 e. The summed E-state index contributed by atoms with van der Waals surface area (Å²) in [5.41, 5.74) is 1.86. The van der Waals surface area contributed by atoms with Crippen LogP contribution in [-0.4, -0.2) is 15.6 Å². The van der Waals surface area contributed by atoms with Crippen LogP contribution in [0.2, 0.25) is 5.02 Å². The van der Waals surface area contributed by atoms with E-state index in [1.807, 2.05) is 25.1 Å². The first-order chi connectivity index (χ1) is 11.5. The second kappa shape index (κ2) is 6.13. The van der Waals surface area contributed by atoms with Crippen LogP contribution in [0.4, 0.5) is 0 Å². The van der Waals surface area contributed by atoms with Crippen molar-refractivity contribution in [2.24, 2.45) is 7.05 Å². The Labute approximate surface area is 143 Å². The van der Waals surface area contributed by atoms with Crippen LogP contribution < -0.4 is 5.56 Å². The molecule has 0 radical (unpaired) electrons. The van der Waals surface area contributed by atoms with Crippen LogP contribution in [0.3, 0.4) is 0 Å². The van der Waals surface area contributed by atoms with Crippen LogP contribution >= 0.6 is 11.6 Å². The minimum absolute atomic E-state index is 0.258. The zero-order valence-electron chi connectivity index (χ0n) is 13.3. The molecule has 0 saturated heterocycles. The second-order valence-electron chi connectivity index (χ2n) is 5.60. The van der Waals surface area contributed by atoms with Crippen molar-refractivity contribution < 1.29 is 9.90 Å². The average molecular weight is 342 g/mol. The van der Waals surface area contributed by atoms with Crippen molar-refractivity contribution >= 4 is 28.5 Å². The maximum atomic E-state index is 12.6. The molecule has 2 aromatic carbocycles. The summed E-state index contributed by atoms with van der Waals surface area (Å²) in [5.74, 6) is -1.26. The zero-order chi connectivity index (χ0) is 17.4. The third-order valence-corrected chi connectivity index (χ3v) is 4.56. The Hall–Kier alpha value is -2.59. The van der Waals surface area contributed by atoms with E-state index in [9.17, 15) is 14.7 Å². The van der Waals surface area contributed by atoms with Gasteiger partial charge in [-0.15, -0.1) is 0 Å². The Kier molecular flexibility index (Phi) is 4.16. The molecular formula is C19H16ClNO3. The summed E-state index contributed by atoms with van der Waals surface area (Å²) in [6, 6.07) is 12.7. The quantitative estimate of drug-likeness (QED) is 0.779. The lowest BCUT2D eigenvalue weighted by atomic mass is 9.94. The molecule has 24 heavy (non-hydrogen) atoms. The Balaban J connectivity index is 2.60. The first-order valence-electron chi connectivity index (χ1n) is 7.59. The van der Waals surface area contributed by atoms with E-state index in [1.165, 1.54) is 4.57 Å². The Bertz CT molecular complexity index is 1020. The van der Waals surface area contributed by atoms with E-state index in [0.29, 0.717) is 27.1 Å². The molecule has 4 nitrogen and oxygen atoms in total. The molecular weight excluding hydrogens is 326 g/mol. The number of aromatic nitrogens is 1. The minimum Gasteiger partial charge on any atom is -0.477 e. The van der Waals surface area contributed by atoms with Crippen molar-refractivity contribution in [1.29, 1.82) is 0 Å². The molecule has 0 amide bonds. The molecule has 0 aliphatic carbocycles. The monoisotopic (exact) mass is 341 g/mol. The Morgan fingerprint density at radius 1 is 1.21 bits per heavy atom. The Morgan fingerprint density at radius 2 is 1.92 bits per heavy atom. The summed E-state index contributed by atoms with van der Waals surface area (Å²) >= 11 is 6.30. The van der Waals surface area contributed by atoms with E-state index in [1.54, 1.807) is 31.3 Å². The predicted octanol–water partition coefficient (Wildman–Crippen LogP) is 4.12. The van der Waals surface area contributed by atoms with Gasteiger partial charge in [-0.2, -0.15) is 0 Å². The summed E-state index contributed by atoms with van der Waals surface area (Å²) in [4.78, 5) is 24.4. The number of hydrogen-bond donors (Lipinski definition) is 1. The fourth-order valence-electron chi connectivity index (χ4n) is 2.96. The van der Waals surface area contributed by atoms with Gasteiger partial charge >= 0.3 is 5.97 Å². The molecule has 0 unspecified atom stereocenters. The molecule has 3 rings (SSSR count). The van der Waals surface area contributed by atoms with Gasteiger partial charge in [0.25, 0.3) is 5.56 Å². The third-order valence-electron chi connectivity index (χ3n) is 4.23. The molecule has 0 aliphatic heterocycles. The van der Waals surface area contributed by atoms with Gasteiger partial charge in [-0.1, -0.05) is 42.8 Å². The van der Waals surface area contributed by atoms with Crippen molar-refractivity contribution in [2.45, 2.75) is 13.3 Å². The number of carboxylic acid groups (broad SMARTS) is 1. The highest BCUT2D eigenvalue weighted by Gasteiger charge is 2.23. The molecule has 5 heteroatoms. The highest BCUT2D eigenvalue weighted by molar-refractivity contribution is 6.34. The number of fused-ring (bicyclic) bond motifs is 1. The number of rotatable bonds is 3. The SMILES string of the molecule is CCc1ccc2c(c1)c(-c1ccccc1Cl)c(C(=O)O)c(=O)n2C. The number of hydrogen-bond acceptors (Lipinski definition) is 2. The lowest BCUT2D eigenvalue weighted by molar-refractivity contribution is 0.0695. The number of nitrogens with zero attached hydrogens (tertiary/aromatic N) is 1. The molecule has 0 atom stereocenters. The molecule has 0 spiro atoms. The molecule has 0 saturated carbocycles. The third kappa shape index (κ3) is 2.49. The highest BCUT2D eigenvalue weighted by atomic mass is 35.5. The predicted molar refractivity (Wildman–Crippen MR) is 96.0 cm³/mol. The summed E-state index contributed by atoms with van der Waals surface area (Å²) < 4.78 is 1.37. The first kappa shape index (κ1) is 16.3. The van der Waals surface area contributed by atoms with Gasteiger partial charge in [-0.05, 0) is 30.2 Å². The summed E-state index contributed by atoms with van der Waals surface area (Å²) in [7, 11) is 1.58. The van der Waals surface area contributed by atoms with Crippen LogP contribution in [0.1, 0.15) is 22.8 Å². The van der Waals surface area contributed by atoms with E-state index in [4.69, 9.17) is 11.6 Å². The number of carboxylic acids is 1. The van der Waals surface area contributed by atoms with Crippen LogP contribution in [0.25, 0.3) is 22.0 Å². The number of aromatic carboxylic acids is 1. The molecule has 3 aromatic rings. The van der Waals surface area contributed by atoms with Crippen molar-refractivity contribution in [2.75, 3.05) is 0 Å². The molecule has 0 bridgehead atoms. The van der Waals surface area contributed by atoms with Gasteiger partial charge in [0, 0.05) is 28.6 Å². The standard InChI is InChI=1S/C19H16ClNO3/c1-3-11-8-9-15-13(10-11)16(12-6-4-5-7-14(12)20)17(19(23)24)18(22)21(15)2/h4-10H,3H2,1-2H3,(H,23,24). The van der Waals surface area contributed by atoms with Gasteiger partial charge in [0.1, 0.15) is 5.56 Å². The topological polar surface area (TPSA) is 59.3 Å². The number of carbonyl (C=O) groups is 1. The molecule has 0 aliphatic rings. The van der Waals surface area contributed by atoms with Gasteiger partial charge < -0.3 is 9.67 Å². The second-order valence-corrected chi connectivity index (χ2v) is 6.01. The van der Waals surface area contributed by atoms with E-state index >= 15 is 0 Å². The van der Waals surface area contributed by atoms with Crippen molar-refractivity contribution in [3.05, 3.63) is 69.0 Å². The van der Waals surface area contributed by atoms with Crippen LogP contribution in [0.5, 0.6) is 0 Å². The van der Waals surface area contributed by atoms with Gasteiger partial charge in [0.05, 0.1) is 5.52 Å². The highest BCUT2D eigenvalue weighted by Crippen LogP contribution is 2.35. The van der Waals surface area contributed by atoms with Crippen molar-refractivity contribution in [1.82, 2.24) is 4.57 Å². The van der Waals surface area contributed by atoms with Crippen LogP contribution in [0, 0.1) is 0 Å². The molecule has 1 aromatic heterocycles. The molecule has 122 valence electrons. The summed E-state index contributed by atoms with van der Waals surface area (Å²) in [5, 5.41) is 10.8. The fourth-order valence-corrected chi connectivity index (χ4v) is 3.19. The van der Waals surface area contributed by atoms with E-state index in [2.05, 4.69) is 0 Å². The number of halogens is 1. The van der Waals surface area contributed by atoms with Crippen LogP contribution in [-0.2, 0) is 13.5 Å². The zero-order valence-corrected chi connectivity index (χ0v) is 14.1. The molecule has 1 heterocycles. The first-order valence-corrected chi connectivity index (χ1v) is 7.97. The maximum absolute atomic E-state index is 12.6. The number of aryl methyl sites for hydroxylation is 2. The summed E-state index contributed by atoms with van der Waals surface area (Å²) in [6.07, 6.45) is 0.809.